The fraction of sp³-hybridized carbons (Fsp3) is 0.636. The summed E-state index contributed by atoms with van der Waals surface area (Å²) in [6, 6.07) is 0. The molecule has 86 valence electrons. The molecular formula is C11H13ClN2OS. The van der Waals surface area contributed by atoms with E-state index in [0.29, 0.717) is 18.2 Å². The number of hydrogen-bond acceptors (Lipinski definition) is 3. The Hall–Kier alpha value is -0.610. The van der Waals surface area contributed by atoms with Gasteiger partial charge in [0.2, 0.25) is 5.91 Å². The molecule has 1 aliphatic heterocycles. The molecule has 1 aromatic heterocycles. The molecule has 1 atom stereocenters. The van der Waals surface area contributed by atoms with Crippen molar-refractivity contribution in [3.63, 3.8) is 0 Å². The normalized spacial score (nSPS) is 24.2. The predicted molar refractivity (Wildman–Crippen MR) is 65.3 cm³/mol. The molecule has 1 fully saturated rings. The van der Waals surface area contributed by atoms with E-state index >= 15 is 0 Å². The van der Waals surface area contributed by atoms with E-state index < -0.39 is 0 Å². The first-order chi connectivity index (χ1) is 7.78. The molecule has 1 aromatic rings. The van der Waals surface area contributed by atoms with Gasteiger partial charge in [0, 0.05) is 23.7 Å². The quantitative estimate of drug-likeness (QED) is 0.761. The first kappa shape index (κ1) is 10.5. The lowest BCUT2D eigenvalue weighted by Gasteiger charge is -2.11. The summed E-state index contributed by atoms with van der Waals surface area (Å²) in [6.07, 6.45) is 4.00. The van der Waals surface area contributed by atoms with Gasteiger partial charge in [0.15, 0.2) is 5.13 Å². The summed E-state index contributed by atoms with van der Waals surface area (Å²) in [7, 11) is 0. The fourth-order valence-electron chi connectivity index (χ4n) is 2.36. The van der Waals surface area contributed by atoms with E-state index in [9.17, 15) is 4.79 Å². The fourth-order valence-corrected chi connectivity index (χ4v) is 3.74. The highest BCUT2D eigenvalue weighted by atomic mass is 35.5. The average molecular weight is 257 g/mol. The second-order valence-electron chi connectivity index (χ2n) is 4.45. The molecule has 1 unspecified atom stereocenters. The summed E-state index contributed by atoms with van der Waals surface area (Å²) in [5.41, 5.74) is 1.21. The van der Waals surface area contributed by atoms with E-state index in [1.54, 1.807) is 11.3 Å². The van der Waals surface area contributed by atoms with Gasteiger partial charge in [-0.25, -0.2) is 4.98 Å². The predicted octanol–water partition coefficient (Wildman–Crippen LogP) is 2.22. The van der Waals surface area contributed by atoms with Gasteiger partial charge in [-0.15, -0.1) is 22.9 Å². The molecule has 2 aliphatic rings. The van der Waals surface area contributed by atoms with E-state index in [1.807, 2.05) is 4.90 Å². The molecule has 1 aliphatic carbocycles. The average Bonchev–Trinajstić information content (AvgIpc) is 2.89. The van der Waals surface area contributed by atoms with Crippen LogP contribution in [-0.4, -0.2) is 23.3 Å². The zero-order chi connectivity index (χ0) is 11.1. The molecule has 3 nitrogen and oxygen atoms in total. The van der Waals surface area contributed by atoms with Crippen LogP contribution >= 0.6 is 22.9 Å². The van der Waals surface area contributed by atoms with Gasteiger partial charge in [-0.2, -0.15) is 0 Å². The number of carbonyl (C=O) groups excluding carboxylic acids is 1. The van der Waals surface area contributed by atoms with Crippen LogP contribution in [0.3, 0.4) is 0 Å². The van der Waals surface area contributed by atoms with Crippen molar-refractivity contribution in [1.82, 2.24) is 4.98 Å². The first-order valence-electron chi connectivity index (χ1n) is 5.63. The van der Waals surface area contributed by atoms with Crippen LogP contribution in [0, 0.1) is 5.92 Å². The third-order valence-corrected chi connectivity index (χ3v) is 4.86. The Balaban J connectivity index is 1.84. The van der Waals surface area contributed by atoms with E-state index in [2.05, 4.69) is 4.98 Å². The Morgan fingerprint density at radius 2 is 2.38 bits per heavy atom. The Morgan fingerprint density at radius 3 is 3.06 bits per heavy atom. The van der Waals surface area contributed by atoms with Crippen LogP contribution in [0.5, 0.6) is 0 Å². The number of amides is 1. The third kappa shape index (κ3) is 1.64. The lowest BCUT2D eigenvalue weighted by molar-refractivity contribution is -0.117. The molecule has 0 saturated carbocycles. The van der Waals surface area contributed by atoms with Crippen molar-refractivity contribution >= 4 is 34.0 Å². The van der Waals surface area contributed by atoms with Gasteiger partial charge in [-0.1, -0.05) is 0 Å². The van der Waals surface area contributed by atoms with Gasteiger partial charge in [0.25, 0.3) is 0 Å². The molecule has 0 radical (unpaired) electrons. The van der Waals surface area contributed by atoms with Gasteiger partial charge < -0.3 is 0 Å². The molecule has 16 heavy (non-hydrogen) atoms. The molecule has 2 heterocycles. The molecule has 0 bridgehead atoms. The number of rotatable bonds is 2. The van der Waals surface area contributed by atoms with Crippen LogP contribution in [0.25, 0.3) is 0 Å². The standard InChI is InChI=1S/C11H13ClN2OS/c12-5-7-4-10(15)14(6-7)11-13-8-2-1-3-9(8)16-11/h7H,1-6H2. The van der Waals surface area contributed by atoms with Crippen LogP contribution in [-0.2, 0) is 17.6 Å². The molecule has 1 amide bonds. The summed E-state index contributed by atoms with van der Waals surface area (Å²) < 4.78 is 0. The van der Waals surface area contributed by atoms with Gasteiger partial charge in [-0.3, -0.25) is 9.69 Å². The third-order valence-electron chi connectivity index (χ3n) is 3.24. The van der Waals surface area contributed by atoms with Crippen molar-refractivity contribution in [3.05, 3.63) is 10.6 Å². The first-order valence-corrected chi connectivity index (χ1v) is 6.98. The van der Waals surface area contributed by atoms with Gasteiger partial charge >= 0.3 is 0 Å². The number of anilines is 1. The molecule has 3 rings (SSSR count). The van der Waals surface area contributed by atoms with Crippen LogP contribution in [0.1, 0.15) is 23.4 Å². The zero-order valence-electron chi connectivity index (χ0n) is 8.91. The lowest BCUT2D eigenvalue weighted by Crippen LogP contribution is -2.24. The summed E-state index contributed by atoms with van der Waals surface area (Å²) in [5.74, 6) is 1.04. The van der Waals surface area contributed by atoms with Crippen molar-refractivity contribution < 1.29 is 4.79 Å². The largest absolute Gasteiger partial charge is 0.288 e. The number of aryl methyl sites for hydroxylation is 2. The number of alkyl halides is 1. The number of aromatic nitrogens is 1. The number of halogens is 1. The van der Waals surface area contributed by atoms with Crippen molar-refractivity contribution in [2.24, 2.45) is 5.92 Å². The Labute approximate surface area is 103 Å². The smallest absolute Gasteiger partial charge is 0.229 e. The highest BCUT2D eigenvalue weighted by molar-refractivity contribution is 7.16. The van der Waals surface area contributed by atoms with Gasteiger partial charge in [0.05, 0.1) is 5.69 Å². The topological polar surface area (TPSA) is 33.2 Å². The van der Waals surface area contributed by atoms with Crippen molar-refractivity contribution in [2.45, 2.75) is 25.7 Å². The van der Waals surface area contributed by atoms with E-state index in [0.717, 1.165) is 24.5 Å². The molecule has 0 N–H and O–H groups in total. The van der Waals surface area contributed by atoms with E-state index in [-0.39, 0.29) is 5.91 Å². The Bertz CT molecular complexity index is 410. The summed E-state index contributed by atoms with van der Waals surface area (Å²) in [5, 5.41) is 0.891. The summed E-state index contributed by atoms with van der Waals surface area (Å²) in [4.78, 5) is 19.6. The highest BCUT2D eigenvalue weighted by Gasteiger charge is 2.32. The van der Waals surface area contributed by atoms with E-state index in [1.165, 1.54) is 17.0 Å². The minimum Gasteiger partial charge on any atom is -0.288 e. The molecule has 1 saturated heterocycles. The van der Waals surface area contributed by atoms with Crippen LogP contribution in [0.15, 0.2) is 0 Å². The maximum Gasteiger partial charge on any atom is 0.229 e. The Kier molecular flexibility index (Phi) is 2.64. The summed E-state index contributed by atoms with van der Waals surface area (Å²) in [6.45, 7) is 0.745. The van der Waals surface area contributed by atoms with Crippen LogP contribution < -0.4 is 4.90 Å². The number of nitrogens with zero attached hydrogens (tertiary/aromatic N) is 2. The van der Waals surface area contributed by atoms with Crippen molar-refractivity contribution in [3.8, 4) is 0 Å². The minimum absolute atomic E-state index is 0.179. The second kappa shape index (κ2) is 4.00. The van der Waals surface area contributed by atoms with E-state index in [4.69, 9.17) is 11.6 Å². The summed E-state index contributed by atoms with van der Waals surface area (Å²) >= 11 is 7.49. The molecule has 5 heteroatoms. The maximum atomic E-state index is 11.8. The second-order valence-corrected chi connectivity index (χ2v) is 5.82. The number of fused-ring (bicyclic) bond motifs is 1. The maximum absolute atomic E-state index is 11.8. The van der Waals surface area contributed by atoms with Crippen molar-refractivity contribution in [2.75, 3.05) is 17.3 Å². The molecule has 0 aromatic carbocycles. The monoisotopic (exact) mass is 256 g/mol. The lowest BCUT2D eigenvalue weighted by atomic mass is 10.2. The molecule has 0 spiro atoms. The number of thiazole rings is 1. The molecular weight excluding hydrogens is 244 g/mol. The Morgan fingerprint density at radius 1 is 1.50 bits per heavy atom. The van der Waals surface area contributed by atoms with Gasteiger partial charge in [0.1, 0.15) is 0 Å². The number of carbonyl (C=O) groups is 1. The van der Waals surface area contributed by atoms with Crippen LogP contribution in [0.2, 0.25) is 0 Å². The van der Waals surface area contributed by atoms with Gasteiger partial charge in [-0.05, 0) is 25.2 Å². The highest BCUT2D eigenvalue weighted by Crippen LogP contribution is 2.35. The SMILES string of the molecule is O=C1CC(CCl)CN1c1nc2c(s1)CCC2. The number of hydrogen-bond donors (Lipinski definition) is 0. The van der Waals surface area contributed by atoms with Crippen molar-refractivity contribution in [1.29, 1.82) is 0 Å². The van der Waals surface area contributed by atoms with Crippen LogP contribution in [0.4, 0.5) is 5.13 Å². The minimum atomic E-state index is 0.179. The zero-order valence-corrected chi connectivity index (χ0v) is 10.5.